The molecule has 1 saturated heterocycles. The summed E-state index contributed by atoms with van der Waals surface area (Å²) in [4.78, 5) is 38.4. The first-order chi connectivity index (χ1) is 17.0. The minimum Gasteiger partial charge on any atom is -0.491 e. The molecule has 11 nitrogen and oxygen atoms in total. The summed E-state index contributed by atoms with van der Waals surface area (Å²) in [5.41, 5.74) is 0.832. The minimum atomic E-state index is -0.966. The lowest BCUT2D eigenvalue weighted by molar-refractivity contribution is 0.0635. The van der Waals surface area contributed by atoms with Gasteiger partial charge in [-0.05, 0) is 25.2 Å². The highest BCUT2D eigenvalue weighted by Crippen LogP contribution is 2.35. The Balaban J connectivity index is 1.73. The van der Waals surface area contributed by atoms with E-state index in [4.69, 9.17) is 9.72 Å². The Morgan fingerprint density at radius 3 is 2.58 bits per heavy atom. The fourth-order valence-electron chi connectivity index (χ4n) is 4.07. The van der Waals surface area contributed by atoms with Crippen molar-refractivity contribution in [3.8, 4) is 17.1 Å². The van der Waals surface area contributed by atoms with Crippen molar-refractivity contribution in [1.29, 1.82) is 0 Å². The summed E-state index contributed by atoms with van der Waals surface area (Å²) in [7, 11) is 3.07. The van der Waals surface area contributed by atoms with Crippen LogP contribution in [-0.2, 0) is 0 Å². The molecule has 2 amide bonds. The van der Waals surface area contributed by atoms with E-state index in [1.54, 1.807) is 22.7 Å². The zero-order chi connectivity index (χ0) is 26.2. The van der Waals surface area contributed by atoms with Crippen molar-refractivity contribution in [3.63, 3.8) is 0 Å². The summed E-state index contributed by atoms with van der Waals surface area (Å²) in [6.07, 6.45) is 3.71. The second-order valence-electron chi connectivity index (χ2n) is 10.1. The number of methoxy groups -OCH3 is 1. The molecule has 4 rings (SSSR count). The number of carbonyl (C=O) groups is 2. The van der Waals surface area contributed by atoms with Crippen LogP contribution in [-0.4, -0.2) is 85.8 Å². The third-order valence-corrected chi connectivity index (χ3v) is 7.79. The van der Waals surface area contributed by atoms with Gasteiger partial charge in [0, 0.05) is 43.8 Å². The maximum Gasteiger partial charge on any atom is 0.407 e. The standard InChI is InChI=1S/C24H33N7O4S/c1-14(24(2,3)4)26-20-18(35-6)17(21(32)30-9-7-15(8-10-30)29(5)23(33)34)27-19(28-20)16-13-25-31-11-12-36-22(16)31/h11-15H,7-10H2,1-6H3,(H,33,34)(H,26,27,28)/t14-/m1/s1. The summed E-state index contributed by atoms with van der Waals surface area (Å²) in [5, 5.41) is 19.0. The van der Waals surface area contributed by atoms with Crippen LogP contribution in [0.25, 0.3) is 16.2 Å². The molecule has 4 heterocycles. The van der Waals surface area contributed by atoms with Crippen molar-refractivity contribution < 1.29 is 19.4 Å². The zero-order valence-corrected chi connectivity index (χ0v) is 22.3. The van der Waals surface area contributed by atoms with Crippen LogP contribution in [0.2, 0.25) is 0 Å². The van der Waals surface area contributed by atoms with Crippen LogP contribution in [0.15, 0.2) is 17.8 Å². The quantitative estimate of drug-likeness (QED) is 0.506. The number of nitrogens with one attached hydrogen (secondary N) is 1. The summed E-state index contributed by atoms with van der Waals surface area (Å²) in [6.45, 7) is 9.27. The number of ether oxygens (including phenoxy) is 1. The van der Waals surface area contributed by atoms with Gasteiger partial charge in [0.1, 0.15) is 4.83 Å². The first-order valence-electron chi connectivity index (χ1n) is 11.9. The van der Waals surface area contributed by atoms with Crippen molar-refractivity contribution >= 4 is 34.0 Å². The molecule has 2 N–H and O–H groups in total. The molecule has 0 saturated carbocycles. The highest BCUT2D eigenvalue weighted by molar-refractivity contribution is 7.16. The number of anilines is 1. The van der Waals surface area contributed by atoms with E-state index in [9.17, 15) is 14.7 Å². The Kier molecular flexibility index (Phi) is 7.07. The molecule has 1 aliphatic heterocycles. The molecule has 1 fully saturated rings. The molecule has 194 valence electrons. The summed E-state index contributed by atoms with van der Waals surface area (Å²) in [5.74, 6) is 0.859. The predicted molar refractivity (Wildman–Crippen MR) is 138 cm³/mol. The van der Waals surface area contributed by atoms with E-state index in [2.05, 4.69) is 43.1 Å². The van der Waals surface area contributed by atoms with E-state index in [0.717, 1.165) is 10.4 Å². The van der Waals surface area contributed by atoms with Gasteiger partial charge in [-0.15, -0.1) is 11.3 Å². The molecule has 0 unspecified atom stereocenters. The van der Waals surface area contributed by atoms with Crippen LogP contribution in [0.5, 0.6) is 5.75 Å². The van der Waals surface area contributed by atoms with Gasteiger partial charge >= 0.3 is 6.09 Å². The number of amides is 2. The van der Waals surface area contributed by atoms with Crippen LogP contribution in [0, 0.1) is 5.41 Å². The Labute approximate surface area is 214 Å². The fourth-order valence-corrected chi connectivity index (χ4v) is 4.86. The Hall–Kier alpha value is -3.41. The molecule has 36 heavy (non-hydrogen) atoms. The average molecular weight is 516 g/mol. The maximum absolute atomic E-state index is 13.7. The minimum absolute atomic E-state index is 0.0216. The number of hydrogen-bond acceptors (Lipinski definition) is 8. The van der Waals surface area contributed by atoms with E-state index < -0.39 is 6.09 Å². The second kappa shape index (κ2) is 9.92. The SMILES string of the molecule is COc1c(N[C@H](C)C(C)(C)C)nc(-c2cnn3ccsc23)nc1C(=O)N1CCC(N(C)C(=O)O)CC1. The lowest BCUT2D eigenvalue weighted by atomic mass is 9.88. The van der Waals surface area contributed by atoms with Gasteiger partial charge < -0.3 is 25.0 Å². The van der Waals surface area contributed by atoms with Crippen LogP contribution in [0.1, 0.15) is 51.0 Å². The van der Waals surface area contributed by atoms with Gasteiger partial charge in [0.15, 0.2) is 23.1 Å². The number of carbonyl (C=O) groups excluding carboxylic acids is 1. The maximum atomic E-state index is 13.7. The zero-order valence-electron chi connectivity index (χ0n) is 21.5. The van der Waals surface area contributed by atoms with Gasteiger partial charge in [0.2, 0.25) is 0 Å². The van der Waals surface area contributed by atoms with E-state index in [-0.39, 0.29) is 29.1 Å². The summed E-state index contributed by atoms with van der Waals surface area (Å²) >= 11 is 1.52. The van der Waals surface area contributed by atoms with Crippen molar-refractivity contribution in [3.05, 3.63) is 23.5 Å². The number of carboxylic acid groups (broad SMARTS) is 1. The molecule has 0 spiro atoms. The Morgan fingerprint density at radius 2 is 1.97 bits per heavy atom. The first-order valence-corrected chi connectivity index (χ1v) is 12.8. The number of rotatable bonds is 6. The van der Waals surface area contributed by atoms with Gasteiger partial charge in [-0.1, -0.05) is 20.8 Å². The largest absolute Gasteiger partial charge is 0.491 e. The lowest BCUT2D eigenvalue weighted by Gasteiger charge is -2.35. The lowest BCUT2D eigenvalue weighted by Crippen LogP contribution is -2.47. The van der Waals surface area contributed by atoms with E-state index >= 15 is 0 Å². The molecule has 12 heteroatoms. The van der Waals surface area contributed by atoms with E-state index in [1.165, 1.54) is 23.3 Å². The Morgan fingerprint density at radius 1 is 1.28 bits per heavy atom. The fraction of sp³-hybridized carbons (Fsp3) is 0.542. The molecule has 1 atom stereocenters. The third-order valence-electron chi connectivity index (χ3n) is 6.90. The first kappa shape index (κ1) is 25.7. The topological polar surface area (TPSA) is 125 Å². The van der Waals surface area contributed by atoms with Gasteiger partial charge in [0.25, 0.3) is 5.91 Å². The number of hydrogen-bond donors (Lipinski definition) is 2. The number of nitrogens with zero attached hydrogens (tertiary/aromatic N) is 6. The number of aromatic nitrogens is 4. The molecule has 0 aromatic carbocycles. The number of likely N-dealkylation sites (tertiary alicyclic amines) is 1. The van der Waals surface area contributed by atoms with Crippen molar-refractivity contribution in [2.45, 2.75) is 52.6 Å². The molecule has 1 aliphatic rings. The monoisotopic (exact) mass is 515 g/mol. The summed E-state index contributed by atoms with van der Waals surface area (Å²) < 4.78 is 7.45. The van der Waals surface area contributed by atoms with Gasteiger partial charge in [-0.2, -0.15) is 5.10 Å². The molecule has 0 bridgehead atoms. The molecule has 0 aliphatic carbocycles. The Bertz CT molecular complexity index is 1260. The molecule has 0 radical (unpaired) electrons. The third kappa shape index (κ3) is 4.95. The number of piperidine rings is 1. The number of fused-ring (bicyclic) bond motifs is 1. The second-order valence-corrected chi connectivity index (χ2v) is 11.0. The van der Waals surface area contributed by atoms with Crippen LogP contribution >= 0.6 is 11.3 Å². The van der Waals surface area contributed by atoms with E-state index in [1.807, 2.05) is 11.6 Å². The van der Waals surface area contributed by atoms with E-state index in [0.29, 0.717) is 43.3 Å². The summed E-state index contributed by atoms with van der Waals surface area (Å²) in [6, 6.07) is -0.105. The predicted octanol–water partition coefficient (Wildman–Crippen LogP) is 3.92. The van der Waals surface area contributed by atoms with Gasteiger partial charge in [-0.3, -0.25) is 4.79 Å². The molecular formula is C24H33N7O4S. The number of thiazole rings is 1. The van der Waals surface area contributed by atoms with Gasteiger partial charge in [-0.25, -0.2) is 19.3 Å². The normalized spacial score (nSPS) is 15.7. The molecule has 3 aromatic rings. The highest BCUT2D eigenvalue weighted by Gasteiger charge is 2.32. The van der Waals surface area contributed by atoms with Crippen LogP contribution in [0.3, 0.4) is 0 Å². The highest BCUT2D eigenvalue weighted by atomic mass is 32.1. The van der Waals surface area contributed by atoms with Crippen LogP contribution in [0.4, 0.5) is 10.6 Å². The average Bonchev–Trinajstić information content (AvgIpc) is 3.46. The van der Waals surface area contributed by atoms with Crippen molar-refractivity contribution in [2.24, 2.45) is 5.41 Å². The van der Waals surface area contributed by atoms with Crippen molar-refractivity contribution in [1.82, 2.24) is 29.4 Å². The van der Waals surface area contributed by atoms with Crippen molar-refractivity contribution in [2.75, 3.05) is 32.6 Å². The van der Waals surface area contributed by atoms with Gasteiger partial charge in [0.05, 0.1) is 18.9 Å². The smallest absolute Gasteiger partial charge is 0.407 e. The molecular weight excluding hydrogens is 482 g/mol. The van der Waals surface area contributed by atoms with Crippen LogP contribution < -0.4 is 10.1 Å². The molecule has 3 aromatic heterocycles.